The third-order valence-corrected chi connectivity index (χ3v) is 1.59. The van der Waals surface area contributed by atoms with Gasteiger partial charge >= 0.3 is 0 Å². The highest BCUT2D eigenvalue weighted by Crippen LogP contribution is 2.08. The number of nitrogens with one attached hydrogen (secondary N) is 1. The Labute approximate surface area is 77.0 Å². The summed E-state index contributed by atoms with van der Waals surface area (Å²) in [4.78, 5) is 3.04. The van der Waals surface area contributed by atoms with Gasteiger partial charge in [-0.05, 0) is 11.5 Å². The summed E-state index contributed by atoms with van der Waals surface area (Å²) in [6, 6.07) is 10.3. The van der Waals surface area contributed by atoms with Crippen LogP contribution in [0.1, 0.15) is 0 Å². The molecule has 0 aliphatic rings. The van der Waals surface area contributed by atoms with Gasteiger partial charge in [0.2, 0.25) is 0 Å². The summed E-state index contributed by atoms with van der Waals surface area (Å²) in [6.45, 7) is 0. The fourth-order valence-corrected chi connectivity index (χ4v) is 1.07. The Hall–Kier alpha value is -1.12. The van der Waals surface area contributed by atoms with Gasteiger partial charge in [-0.15, -0.1) is 0 Å². The molecule has 2 nitrogen and oxygen atoms in total. The molecule has 0 spiro atoms. The molecular formula is C9H10ClNO. The minimum Gasteiger partial charge on any atom is -1.00 e. The Kier molecular flexibility index (Phi) is 4.26. The molecule has 2 rings (SSSR count). The number of fused-ring (bicyclic) bond motifs is 1. The second kappa shape index (κ2) is 4.70. The van der Waals surface area contributed by atoms with E-state index in [1.54, 1.807) is 0 Å². The minimum absolute atomic E-state index is 0. The zero-order chi connectivity index (χ0) is 6.81. The van der Waals surface area contributed by atoms with Gasteiger partial charge in [0.05, 0.1) is 0 Å². The SMILES string of the molecule is O.[Cl-].c1ccc2c[nH+]ccc2c1. The summed E-state index contributed by atoms with van der Waals surface area (Å²) in [5.41, 5.74) is 0. The van der Waals surface area contributed by atoms with Crippen molar-refractivity contribution in [3.63, 3.8) is 0 Å². The monoisotopic (exact) mass is 183 g/mol. The average Bonchev–Trinajstić information content (AvgIpc) is 2.05. The lowest BCUT2D eigenvalue weighted by Gasteiger charge is -1.88. The molecule has 0 aliphatic heterocycles. The average molecular weight is 184 g/mol. The summed E-state index contributed by atoms with van der Waals surface area (Å²) in [5.74, 6) is 0. The Bertz CT molecular complexity index is 286. The lowest BCUT2D eigenvalue weighted by atomic mass is 10.2. The van der Waals surface area contributed by atoms with E-state index < -0.39 is 0 Å². The fraction of sp³-hybridized carbons (Fsp3) is 0. The van der Waals surface area contributed by atoms with E-state index >= 15 is 0 Å². The van der Waals surface area contributed by atoms with Crippen LogP contribution < -0.4 is 17.4 Å². The topological polar surface area (TPSA) is 45.6 Å². The molecule has 1 heterocycles. The number of rotatable bonds is 0. The third-order valence-electron chi connectivity index (χ3n) is 1.59. The third kappa shape index (κ3) is 1.94. The van der Waals surface area contributed by atoms with Crippen LogP contribution in [-0.4, -0.2) is 5.48 Å². The van der Waals surface area contributed by atoms with Crippen molar-refractivity contribution in [1.82, 2.24) is 0 Å². The highest BCUT2D eigenvalue weighted by Gasteiger charge is 1.90. The van der Waals surface area contributed by atoms with E-state index in [9.17, 15) is 0 Å². The lowest BCUT2D eigenvalue weighted by Crippen LogP contribution is -3.00. The molecule has 3 N–H and O–H groups in total. The first kappa shape index (κ1) is 10.9. The van der Waals surface area contributed by atoms with Gasteiger partial charge in [0.25, 0.3) is 0 Å². The van der Waals surface area contributed by atoms with E-state index in [0.29, 0.717) is 0 Å². The molecule has 0 radical (unpaired) electrons. The maximum absolute atomic E-state index is 3.04. The van der Waals surface area contributed by atoms with Crippen LogP contribution in [0.25, 0.3) is 10.8 Å². The normalized spacial score (nSPS) is 8.33. The van der Waals surface area contributed by atoms with Gasteiger partial charge in [0.15, 0.2) is 12.4 Å². The Morgan fingerprint density at radius 2 is 1.58 bits per heavy atom. The van der Waals surface area contributed by atoms with Crippen LogP contribution in [0.4, 0.5) is 0 Å². The van der Waals surface area contributed by atoms with Crippen molar-refractivity contribution in [3.05, 3.63) is 42.7 Å². The van der Waals surface area contributed by atoms with Crippen molar-refractivity contribution in [1.29, 1.82) is 0 Å². The molecule has 0 saturated heterocycles. The van der Waals surface area contributed by atoms with Crippen LogP contribution in [0.15, 0.2) is 42.7 Å². The zero-order valence-electron chi connectivity index (χ0n) is 6.42. The first-order chi connectivity index (χ1) is 4.97. The van der Waals surface area contributed by atoms with Gasteiger partial charge in [0.1, 0.15) is 0 Å². The van der Waals surface area contributed by atoms with E-state index in [1.165, 1.54) is 10.8 Å². The number of hydrogen-bond acceptors (Lipinski definition) is 0. The minimum atomic E-state index is 0. The number of aromatic amines is 1. The molecule has 64 valence electrons. The van der Waals surface area contributed by atoms with E-state index in [2.05, 4.69) is 23.2 Å². The van der Waals surface area contributed by atoms with Crippen LogP contribution in [0, 0.1) is 0 Å². The molecule has 12 heavy (non-hydrogen) atoms. The Morgan fingerprint density at radius 1 is 0.917 bits per heavy atom. The molecule has 0 unspecified atom stereocenters. The molecule has 3 heteroatoms. The molecule has 2 aromatic rings. The van der Waals surface area contributed by atoms with Gasteiger partial charge in [-0.25, -0.2) is 4.98 Å². The molecule has 0 bridgehead atoms. The van der Waals surface area contributed by atoms with Gasteiger partial charge in [-0.1, -0.05) is 18.2 Å². The van der Waals surface area contributed by atoms with E-state index in [4.69, 9.17) is 0 Å². The number of hydrogen-bond donors (Lipinski definition) is 0. The number of aromatic nitrogens is 1. The molecular weight excluding hydrogens is 174 g/mol. The molecule has 0 saturated carbocycles. The van der Waals surface area contributed by atoms with Crippen LogP contribution in [0.2, 0.25) is 0 Å². The highest BCUT2D eigenvalue weighted by molar-refractivity contribution is 5.80. The molecule has 1 aromatic heterocycles. The summed E-state index contributed by atoms with van der Waals surface area (Å²) in [6.07, 6.45) is 3.93. The first-order valence-corrected chi connectivity index (χ1v) is 3.32. The van der Waals surface area contributed by atoms with Crippen LogP contribution in [0.5, 0.6) is 0 Å². The van der Waals surface area contributed by atoms with E-state index in [0.717, 1.165) is 0 Å². The van der Waals surface area contributed by atoms with Crippen molar-refractivity contribution >= 4 is 10.8 Å². The van der Waals surface area contributed by atoms with Crippen molar-refractivity contribution in [2.45, 2.75) is 0 Å². The lowest BCUT2D eigenvalue weighted by molar-refractivity contribution is -0.375. The van der Waals surface area contributed by atoms with Gasteiger partial charge in [-0.2, -0.15) is 0 Å². The summed E-state index contributed by atoms with van der Waals surface area (Å²) >= 11 is 0. The fourth-order valence-electron chi connectivity index (χ4n) is 1.07. The number of H-pyrrole nitrogens is 1. The van der Waals surface area contributed by atoms with E-state index in [-0.39, 0.29) is 17.9 Å². The molecule has 0 amide bonds. The van der Waals surface area contributed by atoms with Crippen molar-refractivity contribution in [2.24, 2.45) is 0 Å². The maximum atomic E-state index is 3.04. The standard InChI is InChI=1S/C9H7N.ClH.H2O/c1-2-4-9-7-10-6-5-8(9)3-1;;/h1-7H;1H;1H2. The largest absolute Gasteiger partial charge is 1.00 e. The van der Waals surface area contributed by atoms with Crippen molar-refractivity contribution < 1.29 is 22.9 Å². The van der Waals surface area contributed by atoms with Crippen molar-refractivity contribution in [3.8, 4) is 0 Å². The van der Waals surface area contributed by atoms with Gasteiger partial charge in [-0.3, -0.25) is 0 Å². The van der Waals surface area contributed by atoms with Crippen LogP contribution in [0.3, 0.4) is 0 Å². The van der Waals surface area contributed by atoms with Crippen LogP contribution >= 0.6 is 0 Å². The predicted octanol–water partition coefficient (Wildman–Crippen LogP) is -2.17. The number of benzene rings is 1. The first-order valence-electron chi connectivity index (χ1n) is 3.32. The quantitative estimate of drug-likeness (QED) is 0.447. The maximum Gasteiger partial charge on any atom is 0.174 e. The van der Waals surface area contributed by atoms with Gasteiger partial charge < -0.3 is 17.9 Å². The summed E-state index contributed by atoms with van der Waals surface area (Å²) < 4.78 is 0. The van der Waals surface area contributed by atoms with Gasteiger partial charge in [0, 0.05) is 11.5 Å². The molecule has 0 fully saturated rings. The summed E-state index contributed by atoms with van der Waals surface area (Å²) in [7, 11) is 0. The Morgan fingerprint density at radius 3 is 2.25 bits per heavy atom. The number of halogens is 1. The molecule has 0 atom stereocenters. The number of pyridine rings is 1. The zero-order valence-corrected chi connectivity index (χ0v) is 7.18. The predicted molar refractivity (Wildman–Crippen MR) is 44.1 cm³/mol. The highest BCUT2D eigenvalue weighted by atomic mass is 35.5. The Balaban J connectivity index is 0.000000605. The molecule has 1 aromatic carbocycles. The second-order valence-corrected chi connectivity index (χ2v) is 2.27. The molecule has 0 aliphatic carbocycles. The van der Waals surface area contributed by atoms with Crippen LogP contribution in [-0.2, 0) is 0 Å². The van der Waals surface area contributed by atoms with E-state index in [1.807, 2.05) is 24.5 Å². The smallest absolute Gasteiger partial charge is 0.174 e. The second-order valence-electron chi connectivity index (χ2n) is 2.27. The van der Waals surface area contributed by atoms with Crippen molar-refractivity contribution in [2.75, 3.05) is 0 Å². The summed E-state index contributed by atoms with van der Waals surface area (Å²) in [5, 5.41) is 2.53.